The summed E-state index contributed by atoms with van der Waals surface area (Å²) in [5, 5.41) is 0. The predicted molar refractivity (Wildman–Crippen MR) is 113 cm³/mol. The summed E-state index contributed by atoms with van der Waals surface area (Å²) in [6.07, 6.45) is 0.750. The van der Waals surface area contributed by atoms with Gasteiger partial charge in [-0.25, -0.2) is 27.3 Å². The summed E-state index contributed by atoms with van der Waals surface area (Å²) in [5.41, 5.74) is -0.142. The van der Waals surface area contributed by atoms with Gasteiger partial charge in [0.2, 0.25) is 0 Å². The Morgan fingerprint density at radius 3 is 2.32 bits per heavy atom. The molecule has 0 saturated carbocycles. The quantitative estimate of drug-likeness (QED) is 0.254. The van der Waals surface area contributed by atoms with E-state index in [0.717, 1.165) is 23.6 Å². The fraction of sp³-hybridized carbons (Fsp3) is 0.333. The van der Waals surface area contributed by atoms with Gasteiger partial charge in [0, 0.05) is 42.3 Å². The molecule has 2 aromatic rings. The fourth-order valence-corrected chi connectivity index (χ4v) is 3.81. The van der Waals surface area contributed by atoms with Crippen LogP contribution in [0.3, 0.4) is 0 Å². The maximum Gasteiger partial charge on any atom is 2.00 e. The van der Waals surface area contributed by atoms with Gasteiger partial charge in [0.1, 0.15) is 17.4 Å². The Morgan fingerprint density at radius 1 is 1.21 bits per heavy atom. The van der Waals surface area contributed by atoms with Crippen LogP contribution < -0.4 is 25.6 Å². The molecule has 1 aromatic heterocycles. The average Bonchev–Trinajstić information content (AvgIpc) is 2.70. The number of aryl methyl sites for hydroxylation is 1. The molecule has 0 saturated heterocycles. The number of hydroxylamine groups is 1. The minimum Gasteiger partial charge on any atom is -0.788 e. The minimum absolute atomic E-state index is 0. The van der Waals surface area contributed by atoms with E-state index in [9.17, 15) is 41.1 Å². The van der Waals surface area contributed by atoms with Crippen molar-refractivity contribution in [1.82, 2.24) is 10.0 Å². The SMILES string of the molecule is COc1ccc(-c2cc(=O)n(CC[C@](C)(C(=O)NOP(=O)([O-])[O-])S(C)(=O)=O)cc2F)c(F)c1.[Mg+2]. The number of hydrogen-bond acceptors (Lipinski definition) is 9. The summed E-state index contributed by atoms with van der Waals surface area (Å²) in [6, 6.07) is 4.38. The average molecular weight is 533 g/mol. The molecule has 11 nitrogen and oxygen atoms in total. The van der Waals surface area contributed by atoms with E-state index in [-0.39, 0.29) is 39.9 Å². The standard InChI is InChI=1S/C18H21F2N2O9PS.Mg/c1-18(33(3,28)29,17(24)21-31-32(25,26)27)6-7-22-10-15(20)13(9-16(22)23)12-5-4-11(30-2)8-14(12)19;/h4-5,8-10H,6-7H2,1-3H3,(H,21,24)(H2,25,26,27);/q;+2/p-2/t18-;/m1./s1. The number of rotatable bonds is 9. The largest absolute Gasteiger partial charge is 2.00 e. The molecule has 0 fully saturated rings. The van der Waals surface area contributed by atoms with E-state index in [1.165, 1.54) is 24.7 Å². The molecule has 1 atom stereocenters. The number of carbonyl (C=O) groups excluding carboxylic acids is 1. The van der Waals surface area contributed by atoms with E-state index in [1.807, 2.05) is 0 Å². The van der Waals surface area contributed by atoms with Crippen LogP contribution in [0.2, 0.25) is 0 Å². The van der Waals surface area contributed by atoms with Crippen LogP contribution in [0.5, 0.6) is 5.75 Å². The first-order valence-electron chi connectivity index (χ1n) is 9.03. The Hall–Kier alpha value is -1.87. The van der Waals surface area contributed by atoms with E-state index in [4.69, 9.17) is 4.74 Å². The van der Waals surface area contributed by atoms with Gasteiger partial charge in [-0.2, -0.15) is 0 Å². The van der Waals surface area contributed by atoms with Gasteiger partial charge >= 0.3 is 23.1 Å². The summed E-state index contributed by atoms with van der Waals surface area (Å²) in [7, 11) is -8.58. The molecule has 34 heavy (non-hydrogen) atoms. The maximum atomic E-state index is 14.7. The van der Waals surface area contributed by atoms with Crippen molar-refractivity contribution in [3.8, 4) is 16.9 Å². The number of nitrogens with zero attached hydrogens (tertiary/aromatic N) is 1. The Kier molecular flexibility index (Phi) is 9.97. The monoisotopic (exact) mass is 532 g/mol. The minimum atomic E-state index is -5.65. The molecule has 182 valence electrons. The van der Waals surface area contributed by atoms with Gasteiger partial charge in [-0.3, -0.25) is 9.59 Å². The van der Waals surface area contributed by atoms with Crippen LogP contribution in [0, 0.1) is 11.6 Å². The zero-order valence-electron chi connectivity index (χ0n) is 18.2. The normalized spacial score (nSPS) is 13.5. The number of methoxy groups -OCH3 is 1. The number of aromatic nitrogens is 1. The first-order valence-corrected chi connectivity index (χ1v) is 12.4. The molecule has 0 radical (unpaired) electrons. The van der Waals surface area contributed by atoms with Crippen LogP contribution in [0.25, 0.3) is 11.1 Å². The molecule has 0 aliphatic carbocycles. The van der Waals surface area contributed by atoms with Crippen LogP contribution in [-0.2, 0) is 30.4 Å². The zero-order chi connectivity index (χ0) is 25.2. The first-order chi connectivity index (χ1) is 15.1. The second-order valence-corrected chi connectivity index (χ2v) is 10.7. The third-order valence-electron chi connectivity index (χ3n) is 4.92. The number of carbonyl (C=O) groups is 1. The number of amides is 1. The van der Waals surface area contributed by atoms with Crippen LogP contribution in [0.1, 0.15) is 13.3 Å². The number of hydrogen-bond donors (Lipinski definition) is 1. The van der Waals surface area contributed by atoms with Crippen molar-refractivity contribution in [2.24, 2.45) is 0 Å². The van der Waals surface area contributed by atoms with Crippen molar-refractivity contribution in [1.29, 1.82) is 0 Å². The van der Waals surface area contributed by atoms with E-state index in [1.54, 1.807) is 0 Å². The molecule has 2 rings (SSSR count). The number of sulfone groups is 1. The van der Waals surface area contributed by atoms with Crippen molar-refractivity contribution < 1.29 is 45.7 Å². The molecule has 0 aliphatic heterocycles. The Bertz CT molecular complexity index is 1280. The second kappa shape index (κ2) is 11.2. The van der Waals surface area contributed by atoms with Crippen LogP contribution in [0.15, 0.2) is 35.3 Å². The van der Waals surface area contributed by atoms with E-state index in [0.29, 0.717) is 12.5 Å². The number of halogens is 2. The number of nitrogens with one attached hydrogen (secondary N) is 1. The van der Waals surface area contributed by atoms with Gasteiger partial charge in [0.05, 0.1) is 14.9 Å². The summed E-state index contributed by atoms with van der Waals surface area (Å²) in [5.74, 6) is -3.16. The fourth-order valence-electron chi connectivity index (χ4n) is 2.77. The van der Waals surface area contributed by atoms with Gasteiger partial charge in [0.15, 0.2) is 14.6 Å². The Balaban J connectivity index is 0.00000578. The van der Waals surface area contributed by atoms with Crippen molar-refractivity contribution in [3.05, 3.63) is 52.5 Å². The maximum absolute atomic E-state index is 14.7. The van der Waals surface area contributed by atoms with Gasteiger partial charge in [0.25, 0.3) is 11.5 Å². The van der Waals surface area contributed by atoms with Crippen LogP contribution in [0.4, 0.5) is 8.78 Å². The third kappa shape index (κ3) is 7.07. The summed E-state index contributed by atoms with van der Waals surface area (Å²) < 4.78 is 70.7. The zero-order valence-corrected chi connectivity index (χ0v) is 21.4. The molecule has 16 heteroatoms. The van der Waals surface area contributed by atoms with Gasteiger partial charge in [-0.15, -0.1) is 0 Å². The third-order valence-corrected chi connectivity index (χ3v) is 7.26. The molecule has 1 N–H and O–H groups in total. The molecule has 1 amide bonds. The Morgan fingerprint density at radius 2 is 1.82 bits per heavy atom. The summed E-state index contributed by atoms with van der Waals surface area (Å²) in [6.45, 7) is 0.397. The van der Waals surface area contributed by atoms with Crippen molar-refractivity contribution in [2.75, 3.05) is 13.4 Å². The molecular formula is C18H19F2MgN2O9PS. The molecule has 0 unspecified atom stereocenters. The molecular weight excluding hydrogens is 514 g/mol. The number of ether oxygens (including phenoxy) is 1. The van der Waals surface area contributed by atoms with Crippen LogP contribution >= 0.6 is 7.82 Å². The Labute approximate surface area is 209 Å². The topological polar surface area (TPSA) is 167 Å². The molecule has 0 aliphatic rings. The molecule has 1 heterocycles. The first kappa shape index (κ1) is 30.2. The number of benzene rings is 1. The van der Waals surface area contributed by atoms with Gasteiger partial charge < -0.3 is 23.7 Å². The molecule has 0 bridgehead atoms. The smallest absolute Gasteiger partial charge is 0.788 e. The number of phosphoric acid groups is 1. The molecule has 1 aromatic carbocycles. The summed E-state index contributed by atoms with van der Waals surface area (Å²) in [4.78, 5) is 45.8. The van der Waals surface area contributed by atoms with Crippen molar-refractivity contribution >= 4 is 46.6 Å². The van der Waals surface area contributed by atoms with E-state index in [2.05, 4.69) is 4.62 Å². The van der Waals surface area contributed by atoms with E-state index < -0.39 is 58.5 Å². The molecule has 0 spiro atoms. The number of pyridine rings is 1. The van der Waals surface area contributed by atoms with E-state index >= 15 is 0 Å². The van der Waals surface area contributed by atoms with Gasteiger partial charge in [-0.1, -0.05) is 0 Å². The predicted octanol–water partition coefficient (Wildman–Crippen LogP) is -0.509. The van der Waals surface area contributed by atoms with Crippen molar-refractivity contribution in [2.45, 2.75) is 24.6 Å². The van der Waals surface area contributed by atoms with Gasteiger partial charge in [-0.05, 0) is 25.5 Å². The summed E-state index contributed by atoms with van der Waals surface area (Å²) >= 11 is 0. The van der Waals surface area contributed by atoms with Crippen LogP contribution in [-0.4, -0.2) is 60.1 Å². The van der Waals surface area contributed by atoms with Crippen molar-refractivity contribution in [3.63, 3.8) is 0 Å². The second-order valence-electron chi connectivity index (χ2n) is 7.14.